The molecule has 23 heavy (non-hydrogen) atoms. The number of rotatable bonds is 2. The van der Waals surface area contributed by atoms with E-state index >= 15 is 0 Å². The molecule has 1 fully saturated rings. The molecule has 0 unspecified atom stereocenters. The van der Waals surface area contributed by atoms with Gasteiger partial charge in [0.25, 0.3) is 5.91 Å². The summed E-state index contributed by atoms with van der Waals surface area (Å²) in [6, 6.07) is 7.68. The first-order valence-corrected chi connectivity index (χ1v) is 7.69. The molecule has 0 aromatic carbocycles. The van der Waals surface area contributed by atoms with Gasteiger partial charge in [-0.2, -0.15) is 0 Å². The zero-order valence-electron chi connectivity index (χ0n) is 12.6. The van der Waals surface area contributed by atoms with Gasteiger partial charge in [0.05, 0.1) is 28.5 Å². The highest BCUT2D eigenvalue weighted by Crippen LogP contribution is 2.20. The fourth-order valence-corrected chi connectivity index (χ4v) is 2.94. The summed E-state index contributed by atoms with van der Waals surface area (Å²) in [5.74, 6) is 0.0516. The molecule has 1 N–H and O–H groups in total. The molecule has 1 saturated heterocycles. The van der Waals surface area contributed by atoms with Crippen molar-refractivity contribution in [1.82, 2.24) is 19.9 Å². The number of aromatic amines is 1. The number of piperazine rings is 1. The maximum atomic E-state index is 12.4. The molecule has 6 heteroatoms. The van der Waals surface area contributed by atoms with E-state index in [1.54, 1.807) is 18.5 Å². The van der Waals surface area contributed by atoms with Gasteiger partial charge in [-0.15, -0.1) is 0 Å². The number of pyridine rings is 2. The van der Waals surface area contributed by atoms with Crippen LogP contribution in [0.5, 0.6) is 0 Å². The second-order valence-corrected chi connectivity index (χ2v) is 5.62. The number of carbonyl (C=O) groups is 1. The van der Waals surface area contributed by atoms with Gasteiger partial charge in [-0.3, -0.25) is 14.8 Å². The van der Waals surface area contributed by atoms with Crippen LogP contribution in [0.1, 0.15) is 10.4 Å². The number of nitrogens with one attached hydrogen (secondary N) is 1. The molecule has 4 rings (SSSR count). The van der Waals surface area contributed by atoms with E-state index in [1.807, 2.05) is 29.4 Å². The molecule has 0 spiro atoms. The number of H-pyrrole nitrogens is 1. The second kappa shape index (κ2) is 5.72. The molecule has 0 saturated carbocycles. The van der Waals surface area contributed by atoms with Gasteiger partial charge in [0.15, 0.2) is 0 Å². The summed E-state index contributed by atoms with van der Waals surface area (Å²) < 4.78 is 0. The molecular weight excluding hydrogens is 290 g/mol. The molecule has 6 nitrogen and oxygen atoms in total. The quantitative estimate of drug-likeness (QED) is 0.785. The zero-order chi connectivity index (χ0) is 15.6. The predicted octanol–water partition coefficient (Wildman–Crippen LogP) is 1.92. The number of carbonyl (C=O) groups excluding carboxylic acids is 1. The monoisotopic (exact) mass is 307 g/mol. The maximum Gasteiger partial charge on any atom is 0.255 e. The minimum atomic E-state index is 0.0516. The standard InChI is InChI=1S/C17H17N5O/c23-17(13-2-1-4-18-11-13)22-8-6-21(7-9-22)14-10-16-15(20-12-14)3-5-19-16/h1-5,10-12,19H,6-9H2. The van der Waals surface area contributed by atoms with E-state index in [0.717, 1.165) is 29.8 Å². The number of fused-ring (bicyclic) bond motifs is 1. The van der Waals surface area contributed by atoms with Crippen molar-refractivity contribution in [2.24, 2.45) is 0 Å². The van der Waals surface area contributed by atoms with Crippen molar-refractivity contribution in [3.05, 3.63) is 54.6 Å². The molecule has 4 heterocycles. The smallest absolute Gasteiger partial charge is 0.255 e. The lowest BCUT2D eigenvalue weighted by molar-refractivity contribution is 0.0746. The summed E-state index contributed by atoms with van der Waals surface area (Å²) in [4.78, 5) is 28.2. The summed E-state index contributed by atoms with van der Waals surface area (Å²) in [6.07, 6.45) is 7.09. The molecular formula is C17H17N5O. The van der Waals surface area contributed by atoms with Crippen molar-refractivity contribution in [3.63, 3.8) is 0 Å². The Balaban J connectivity index is 1.45. The molecule has 1 amide bonds. The molecule has 1 aliphatic heterocycles. The lowest BCUT2D eigenvalue weighted by Gasteiger charge is -2.36. The van der Waals surface area contributed by atoms with Crippen molar-refractivity contribution < 1.29 is 4.79 Å². The average molecular weight is 307 g/mol. The van der Waals surface area contributed by atoms with Crippen molar-refractivity contribution in [1.29, 1.82) is 0 Å². The molecule has 0 bridgehead atoms. The Morgan fingerprint density at radius 3 is 2.78 bits per heavy atom. The second-order valence-electron chi connectivity index (χ2n) is 5.62. The van der Waals surface area contributed by atoms with Gasteiger partial charge in [-0.25, -0.2) is 0 Å². The van der Waals surface area contributed by atoms with Crippen molar-refractivity contribution in [2.75, 3.05) is 31.1 Å². The third kappa shape index (κ3) is 2.63. The first-order valence-electron chi connectivity index (χ1n) is 7.69. The van der Waals surface area contributed by atoms with Crippen LogP contribution in [0.2, 0.25) is 0 Å². The van der Waals surface area contributed by atoms with Gasteiger partial charge in [0.2, 0.25) is 0 Å². The Morgan fingerprint density at radius 2 is 2.00 bits per heavy atom. The fraction of sp³-hybridized carbons (Fsp3) is 0.235. The number of nitrogens with zero attached hydrogens (tertiary/aromatic N) is 4. The first-order chi connectivity index (χ1) is 11.3. The minimum Gasteiger partial charge on any atom is -0.367 e. The third-order valence-electron chi connectivity index (χ3n) is 4.22. The number of anilines is 1. The van der Waals surface area contributed by atoms with Crippen LogP contribution in [-0.4, -0.2) is 51.9 Å². The highest BCUT2D eigenvalue weighted by atomic mass is 16.2. The van der Waals surface area contributed by atoms with E-state index in [1.165, 1.54) is 0 Å². The average Bonchev–Trinajstić information content (AvgIpc) is 3.10. The van der Waals surface area contributed by atoms with Crippen LogP contribution >= 0.6 is 0 Å². The Bertz CT molecular complexity index is 821. The molecule has 0 atom stereocenters. The lowest BCUT2D eigenvalue weighted by Crippen LogP contribution is -2.48. The molecule has 0 radical (unpaired) electrons. The summed E-state index contributed by atoms with van der Waals surface area (Å²) in [5.41, 5.74) is 3.75. The van der Waals surface area contributed by atoms with Crippen LogP contribution in [0.15, 0.2) is 49.1 Å². The normalized spacial score (nSPS) is 15.1. The number of hydrogen-bond donors (Lipinski definition) is 1. The van der Waals surface area contributed by atoms with Crippen LogP contribution in [-0.2, 0) is 0 Å². The van der Waals surface area contributed by atoms with Crippen molar-refractivity contribution in [2.45, 2.75) is 0 Å². The Hall–Kier alpha value is -2.89. The largest absolute Gasteiger partial charge is 0.367 e. The van der Waals surface area contributed by atoms with Crippen LogP contribution < -0.4 is 4.90 Å². The van der Waals surface area contributed by atoms with Crippen molar-refractivity contribution >= 4 is 22.6 Å². The third-order valence-corrected chi connectivity index (χ3v) is 4.22. The van der Waals surface area contributed by atoms with E-state index < -0.39 is 0 Å². The van der Waals surface area contributed by atoms with E-state index in [0.29, 0.717) is 18.7 Å². The van der Waals surface area contributed by atoms with Gasteiger partial charge >= 0.3 is 0 Å². The number of amides is 1. The van der Waals surface area contributed by atoms with Gasteiger partial charge < -0.3 is 14.8 Å². The fourth-order valence-electron chi connectivity index (χ4n) is 2.94. The van der Waals surface area contributed by atoms with Gasteiger partial charge in [-0.1, -0.05) is 0 Å². The summed E-state index contributed by atoms with van der Waals surface area (Å²) >= 11 is 0. The van der Waals surface area contributed by atoms with Gasteiger partial charge in [0.1, 0.15) is 0 Å². The van der Waals surface area contributed by atoms with E-state index in [4.69, 9.17) is 0 Å². The predicted molar refractivity (Wildman–Crippen MR) is 88.4 cm³/mol. The SMILES string of the molecule is O=C(c1cccnc1)N1CCN(c2cnc3cc[nH]c3c2)CC1. The number of hydrogen-bond acceptors (Lipinski definition) is 4. The first kappa shape index (κ1) is 13.8. The highest BCUT2D eigenvalue weighted by Gasteiger charge is 2.22. The molecule has 0 aliphatic carbocycles. The lowest BCUT2D eigenvalue weighted by atomic mass is 10.2. The molecule has 1 aliphatic rings. The van der Waals surface area contributed by atoms with Crippen LogP contribution in [0.4, 0.5) is 5.69 Å². The van der Waals surface area contributed by atoms with Gasteiger partial charge in [-0.05, 0) is 24.3 Å². The van der Waals surface area contributed by atoms with Crippen LogP contribution in [0.25, 0.3) is 11.0 Å². The molecule has 116 valence electrons. The summed E-state index contributed by atoms with van der Waals surface area (Å²) in [5, 5.41) is 0. The van der Waals surface area contributed by atoms with E-state index in [2.05, 4.69) is 25.9 Å². The Morgan fingerprint density at radius 1 is 1.13 bits per heavy atom. The Labute approximate surface area is 133 Å². The van der Waals surface area contributed by atoms with E-state index in [9.17, 15) is 4.79 Å². The minimum absolute atomic E-state index is 0.0516. The summed E-state index contributed by atoms with van der Waals surface area (Å²) in [6.45, 7) is 3.02. The maximum absolute atomic E-state index is 12.4. The topological polar surface area (TPSA) is 65.1 Å². The number of aromatic nitrogens is 3. The highest BCUT2D eigenvalue weighted by molar-refractivity contribution is 5.94. The zero-order valence-corrected chi connectivity index (χ0v) is 12.6. The van der Waals surface area contributed by atoms with Crippen LogP contribution in [0, 0.1) is 0 Å². The molecule has 3 aromatic rings. The van der Waals surface area contributed by atoms with Crippen LogP contribution in [0.3, 0.4) is 0 Å². The summed E-state index contributed by atoms with van der Waals surface area (Å²) in [7, 11) is 0. The van der Waals surface area contributed by atoms with E-state index in [-0.39, 0.29) is 5.91 Å². The van der Waals surface area contributed by atoms with Crippen molar-refractivity contribution in [3.8, 4) is 0 Å². The molecule has 3 aromatic heterocycles. The Kier molecular flexibility index (Phi) is 3.42. The van der Waals surface area contributed by atoms with Gasteiger partial charge in [0, 0.05) is 44.8 Å².